The summed E-state index contributed by atoms with van der Waals surface area (Å²) in [6.45, 7) is 1.89. The molecule has 1 aromatic heterocycles. The third kappa shape index (κ3) is 4.61. The molecule has 1 aromatic rings. The van der Waals surface area contributed by atoms with Gasteiger partial charge in [0.25, 0.3) is 0 Å². The third-order valence-electron chi connectivity index (χ3n) is 1.90. The van der Waals surface area contributed by atoms with E-state index in [2.05, 4.69) is 14.7 Å². The lowest BCUT2D eigenvalue weighted by atomic mass is 10.1. The molecule has 0 fully saturated rings. The zero-order valence-electron chi connectivity index (χ0n) is 8.79. The van der Waals surface area contributed by atoms with Crippen molar-refractivity contribution in [2.24, 2.45) is 0 Å². The van der Waals surface area contributed by atoms with Gasteiger partial charge in [0.1, 0.15) is 6.42 Å². The van der Waals surface area contributed by atoms with Gasteiger partial charge in [-0.1, -0.05) is 18.5 Å². The molecule has 92 valence electrons. The Hall–Kier alpha value is -1.11. The first-order valence-electron chi connectivity index (χ1n) is 4.97. The fourth-order valence-corrected chi connectivity index (χ4v) is 1.26. The highest BCUT2D eigenvalue weighted by atomic mass is 19.4. The van der Waals surface area contributed by atoms with E-state index in [1.165, 1.54) is 0 Å². The first-order valence-corrected chi connectivity index (χ1v) is 4.97. The quantitative estimate of drug-likeness (QED) is 0.850. The molecule has 1 rings (SSSR count). The van der Waals surface area contributed by atoms with Gasteiger partial charge in [0.05, 0.1) is 12.5 Å². The second-order valence-corrected chi connectivity index (χ2v) is 3.54. The van der Waals surface area contributed by atoms with Crippen LogP contribution in [0.3, 0.4) is 0 Å². The van der Waals surface area contributed by atoms with Gasteiger partial charge in [0, 0.05) is 0 Å². The summed E-state index contributed by atoms with van der Waals surface area (Å²) in [4.78, 5) is 3.56. The van der Waals surface area contributed by atoms with Gasteiger partial charge in [-0.2, -0.15) is 18.2 Å². The van der Waals surface area contributed by atoms with Gasteiger partial charge < -0.3 is 9.63 Å². The highest BCUT2D eigenvalue weighted by Crippen LogP contribution is 2.19. The van der Waals surface area contributed by atoms with Crippen LogP contribution in [-0.4, -0.2) is 27.5 Å². The molecule has 0 saturated heterocycles. The summed E-state index contributed by atoms with van der Waals surface area (Å²) >= 11 is 0. The summed E-state index contributed by atoms with van der Waals surface area (Å²) in [5, 5.41) is 12.6. The van der Waals surface area contributed by atoms with Crippen molar-refractivity contribution in [1.82, 2.24) is 10.1 Å². The molecule has 0 aliphatic heterocycles. The largest absolute Gasteiger partial charge is 0.396 e. The molecule has 1 unspecified atom stereocenters. The van der Waals surface area contributed by atoms with Crippen molar-refractivity contribution in [1.29, 1.82) is 0 Å². The van der Waals surface area contributed by atoms with Crippen molar-refractivity contribution >= 4 is 0 Å². The van der Waals surface area contributed by atoms with Gasteiger partial charge in [0.15, 0.2) is 5.82 Å². The van der Waals surface area contributed by atoms with E-state index in [0.717, 1.165) is 6.42 Å². The molecular weight excluding hydrogens is 225 g/mol. The first kappa shape index (κ1) is 13.0. The standard InChI is InChI=1S/C9H13F3N2O2/c1-2-3-6(15)4-8-13-7(14-16-8)5-9(10,11)12/h6,15H,2-5H2,1H3. The summed E-state index contributed by atoms with van der Waals surface area (Å²) in [6.07, 6.45) is -4.77. The number of alkyl halides is 3. The van der Waals surface area contributed by atoms with E-state index in [9.17, 15) is 18.3 Å². The molecule has 0 saturated carbocycles. The Labute approximate surface area is 90.5 Å². The molecule has 0 aliphatic rings. The van der Waals surface area contributed by atoms with E-state index < -0.39 is 24.5 Å². The fourth-order valence-electron chi connectivity index (χ4n) is 1.26. The molecule has 0 spiro atoms. The van der Waals surface area contributed by atoms with Crippen molar-refractivity contribution < 1.29 is 22.8 Å². The minimum atomic E-state index is -4.34. The Bertz CT molecular complexity index is 325. The van der Waals surface area contributed by atoms with Crippen LogP contribution in [0.15, 0.2) is 4.52 Å². The molecule has 0 aromatic carbocycles. The second kappa shape index (κ2) is 5.29. The lowest BCUT2D eigenvalue weighted by molar-refractivity contribution is -0.128. The van der Waals surface area contributed by atoms with Gasteiger partial charge in [-0.05, 0) is 6.42 Å². The number of halogens is 3. The molecule has 0 radical (unpaired) electrons. The summed E-state index contributed by atoms with van der Waals surface area (Å²) in [5.74, 6) is -0.355. The van der Waals surface area contributed by atoms with Crippen molar-refractivity contribution in [3.63, 3.8) is 0 Å². The van der Waals surface area contributed by atoms with Gasteiger partial charge >= 0.3 is 6.18 Å². The predicted octanol–water partition coefficient (Wildman–Crippen LogP) is 1.88. The number of nitrogens with zero attached hydrogens (tertiary/aromatic N) is 2. The van der Waals surface area contributed by atoms with Crippen molar-refractivity contribution in [3.8, 4) is 0 Å². The lowest BCUT2D eigenvalue weighted by Gasteiger charge is -2.04. The minimum absolute atomic E-state index is 0.0419. The van der Waals surface area contributed by atoms with E-state index in [0.29, 0.717) is 6.42 Å². The highest BCUT2D eigenvalue weighted by molar-refractivity contribution is 4.90. The maximum Gasteiger partial charge on any atom is 0.396 e. The predicted molar refractivity (Wildman–Crippen MR) is 48.7 cm³/mol. The van der Waals surface area contributed by atoms with Crippen molar-refractivity contribution in [2.75, 3.05) is 0 Å². The maximum absolute atomic E-state index is 12.0. The van der Waals surface area contributed by atoms with Crippen LogP contribution in [0.1, 0.15) is 31.5 Å². The van der Waals surface area contributed by atoms with Crippen LogP contribution in [0.2, 0.25) is 0 Å². The van der Waals surface area contributed by atoms with Crippen LogP contribution >= 0.6 is 0 Å². The zero-order chi connectivity index (χ0) is 12.2. The maximum atomic E-state index is 12.0. The summed E-state index contributed by atoms with van der Waals surface area (Å²) in [6, 6.07) is 0. The normalized spacial score (nSPS) is 14.1. The molecule has 16 heavy (non-hydrogen) atoms. The van der Waals surface area contributed by atoms with Crippen molar-refractivity contribution in [3.05, 3.63) is 11.7 Å². The molecule has 0 aliphatic carbocycles. The lowest BCUT2D eigenvalue weighted by Crippen LogP contribution is -2.13. The minimum Gasteiger partial charge on any atom is -0.393 e. The second-order valence-electron chi connectivity index (χ2n) is 3.54. The SMILES string of the molecule is CCCC(O)Cc1nc(CC(F)(F)F)no1. The van der Waals surface area contributed by atoms with Crippen LogP contribution < -0.4 is 0 Å². The molecule has 0 bridgehead atoms. The number of aliphatic hydroxyl groups is 1. The number of aliphatic hydroxyl groups excluding tert-OH is 1. The smallest absolute Gasteiger partial charge is 0.393 e. The van der Waals surface area contributed by atoms with E-state index in [1.807, 2.05) is 6.92 Å². The first-order chi connectivity index (χ1) is 7.40. The Morgan fingerprint density at radius 1 is 1.44 bits per heavy atom. The van der Waals surface area contributed by atoms with Gasteiger partial charge in [0.2, 0.25) is 5.89 Å². The van der Waals surface area contributed by atoms with Gasteiger partial charge in [-0.15, -0.1) is 0 Å². The Morgan fingerprint density at radius 2 is 2.12 bits per heavy atom. The van der Waals surface area contributed by atoms with Crippen LogP contribution in [0.25, 0.3) is 0 Å². The van der Waals surface area contributed by atoms with E-state index in [1.54, 1.807) is 0 Å². The highest BCUT2D eigenvalue weighted by Gasteiger charge is 2.30. The molecule has 1 atom stereocenters. The zero-order valence-corrected chi connectivity index (χ0v) is 8.79. The monoisotopic (exact) mass is 238 g/mol. The molecule has 7 heteroatoms. The van der Waals surface area contributed by atoms with Crippen LogP contribution in [0.4, 0.5) is 13.2 Å². The van der Waals surface area contributed by atoms with E-state index >= 15 is 0 Å². The average Bonchev–Trinajstić information content (AvgIpc) is 2.49. The molecular formula is C9H13F3N2O2. The van der Waals surface area contributed by atoms with Crippen LogP contribution in [0.5, 0.6) is 0 Å². The topological polar surface area (TPSA) is 59.2 Å². The van der Waals surface area contributed by atoms with Crippen LogP contribution in [0, 0.1) is 0 Å². The Morgan fingerprint density at radius 3 is 2.69 bits per heavy atom. The van der Waals surface area contributed by atoms with Crippen molar-refractivity contribution in [2.45, 2.75) is 44.9 Å². The number of hydrogen-bond donors (Lipinski definition) is 1. The average molecular weight is 238 g/mol. The van der Waals surface area contributed by atoms with Crippen LogP contribution in [-0.2, 0) is 12.8 Å². The van der Waals surface area contributed by atoms with Gasteiger partial charge in [-0.3, -0.25) is 0 Å². The third-order valence-corrected chi connectivity index (χ3v) is 1.90. The number of aromatic nitrogens is 2. The van der Waals surface area contributed by atoms with E-state index in [-0.39, 0.29) is 12.3 Å². The molecule has 1 heterocycles. The fraction of sp³-hybridized carbons (Fsp3) is 0.778. The number of rotatable bonds is 5. The van der Waals surface area contributed by atoms with Gasteiger partial charge in [-0.25, -0.2) is 0 Å². The summed E-state index contributed by atoms with van der Waals surface area (Å²) in [7, 11) is 0. The summed E-state index contributed by atoms with van der Waals surface area (Å²) < 4.78 is 40.5. The number of hydrogen-bond acceptors (Lipinski definition) is 4. The molecule has 4 nitrogen and oxygen atoms in total. The summed E-state index contributed by atoms with van der Waals surface area (Å²) in [5.41, 5.74) is 0. The Balaban J connectivity index is 2.51. The molecule has 0 amide bonds. The van der Waals surface area contributed by atoms with E-state index in [4.69, 9.17) is 0 Å². The Kier molecular flexibility index (Phi) is 4.28. The molecule has 1 N–H and O–H groups in total.